The van der Waals surface area contributed by atoms with Gasteiger partial charge in [0.2, 0.25) is 0 Å². The maximum absolute atomic E-state index is 4.25. The average Bonchev–Trinajstić information content (AvgIpc) is 2.44. The van der Waals surface area contributed by atoms with Crippen LogP contribution in [0.2, 0.25) is 0 Å². The molecule has 1 aromatic heterocycles. The molecule has 0 amide bonds. The number of nitrogens with zero attached hydrogens (tertiary/aromatic N) is 2. The molecule has 1 aliphatic heterocycles. The van der Waals surface area contributed by atoms with Gasteiger partial charge in [-0.15, -0.1) is 0 Å². The fourth-order valence-electron chi connectivity index (χ4n) is 2.15. The zero-order valence-electron chi connectivity index (χ0n) is 11.1. The summed E-state index contributed by atoms with van der Waals surface area (Å²) in [6.07, 6.45) is 5.28. The summed E-state index contributed by atoms with van der Waals surface area (Å²) in [6, 6.07) is 1.98. The van der Waals surface area contributed by atoms with Crippen molar-refractivity contribution in [1.29, 1.82) is 0 Å². The summed E-state index contributed by atoms with van der Waals surface area (Å²) < 4.78 is 0. The van der Waals surface area contributed by atoms with Crippen molar-refractivity contribution >= 4 is 11.6 Å². The molecule has 1 atom stereocenters. The van der Waals surface area contributed by atoms with Gasteiger partial charge in [-0.1, -0.05) is 6.92 Å². The number of nitrogens with one attached hydrogen (secondary N) is 3. The predicted octanol–water partition coefficient (Wildman–Crippen LogP) is 1.71. The molecule has 1 aromatic rings. The van der Waals surface area contributed by atoms with Gasteiger partial charge in [0, 0.05) is 19.2 Å². The van der Waals surface area contributed by atoms with E-state index in [0.717, 1.165) is 44.2 Å². The van der Waals surface area contributed by atoms with E-state index in [-0.39, 0.29) is 0 Å². The number of hydrogen-bond acceptors (Lipinski definition) is 5. The lowest BCUT2D eigenvalue weighted by Gasteiger charge is -2.23. The highest BCUT2D eigenvalue weighted by Crippen LogP contribution is 2.13. The van der Waals surface area contributed by atoms with Crippen LogP contribution in [0.5, 0.6) is 0 Å². The first-order valence-corrected chi connectivity index (χ1v) is 6.89. The molecule has 1 aliphatic rings. The van der Waals surface area contributed by atoms with E-state index in [1.54, 1.807) is 6.33 Å². The maximum Gasteiger partial charge on any atom is 0.131 e. The zero-order valence-corrected chi connectivity index (χ0v) is 11.1. The fourth-order valence-corrected chi connectivity index (χ4v) is 2.15. The lowest BCUT2D eigenvalue weighted by Crippen LogP contribution is -2.33. The number of anilines is 2. The standard InChI is InChI=1S/C13H23N5/c1-2-5-15-12-7-13(18-10-17-12)16-9-11-4-3-6-14-8-11/h7,10-11,14H,2-6,8-9H2,1H3,(H2,15,16,17,18). The Bertz CT molecular complexity index is 349. The summed E-state index contributed by atoms with van der Waals surface area (Å²) >= 11 is 0. The topological polar surface area (TPSA) is 61.9 Å². The first-order chi connectivity index (χ1) is 8.88. The van der Waals surface area contributed by atoms with Crippen LogP contribution in [-0.4, -0.2) is 36.1 Å². The van der Waals surface area contributed by atoms with Crippen LogP contribution >= 0.6 is 0 Å². The summed E-state index contributed by atoms with van der Waals surface area (Å²) in [5, 5.41) is 10.1. The highest BCUT2D eigenvalue weighted by molar-refractivity contribution is 5.46. The summed E-state index contributed by atoms with van der Waals surface area (Å²) in [5.74, 6) is 2.52. The van der Waals surface area contributed by atoms with E-state index in [1.165, 1.54) is 12.8 Å². The molecule has 5 nitrogen and oxygen atoms in total. The van der Waals surface area contributed by atoms with Gasteiger partial charge in [0.1, 0.15) is 18.0 Å². The molecule has 0 bridgehead atoms. The minimum atomic E-state index is 0.709. The third-order valence-electron chi connectivity index (χ3n) is 3.19. The zero-order chi connectivity index (χ0) is 12.6. The van der Waals surface area contributed by atoms with E-state index in [2.05, 4.69) is 32.8 Å². The van der Waals surface area contributed by atoms with Crippen molar-refractivity contribution in [2.45, 2.75) is 26.2 Å². The van der Waals surface area contributed by atoms with Gasteiger partial charge in [0.15, 0.2) is 0 Å². The van der Waals surface area contributed by atoms with Gasteiger partial charge in [-0.3, -0.25) is 0 Å². The predicted molar refractivity (Wildman–Crippen MR) is 74.9 cm³/mol. The molecule has 1 saturated heterocycles. The molecule has 2 heterocycles. The highest BCUT2D eigenvalue weighted by Gasteiger charge is 2.12. The number of aromatic nitrogens is 2. The number of piperidine rings is 1. The maximum atomic E-state index is 4.25. The SMILES string of the molecule is CCCNc1cc(NCC2CCCNC2)ncn1. The van der Waals surface area contributed by atoms with E-state index in [9.17, 15) is 0 Å². The normalized spacial score (nSPS) is 19.5. The van der Waals surface area contributed by atoms with Crippen LogP contribution in [0.3, 0.4) is 0 Å². The summed E-state index contributed by atoms with van der Waals surface area (Å²) in [7, 11) is 0. The van der Waals surface area contributed by atoms with Crippen molar-refractivity contribution < 1.29 is 0 Å². The van der Waals surface area contributed by atoms with Crippen LogP contribution in [0.15, 0.2) is 12.4 Å². The molecule has 1 unspecified atom stereocenters. The average molecular weight is 249 g/mol. The second-order valence-corrected chi connectivity index (χ2v) is 4.81. The molecule has 0 spiro atoms. The summed E-state index contributed by atoms with van der Waals surface area (Å²) in [6.45, 7) is 6.35. The lowest BCUT2D eigenvalue weighted by molar-refractivity contribution is 0.392. The molecular weight excluding hydrogens is 226 g/mol. The molecule has 0 aromatic carbocycles. The third-order valence-corrected chi connectivity index (χ3v) is 3.19. The smallest absolute Gasteiger partial charge is 0.131 e. The first-order valence-electron chi connectivity index (χ1n) is 6.89. The lowest BCUT2D eigenvalue weighted by atomic mass is 10.00. The molecule has 0 radical (unpaired) electrons. The van der Waals surface area contributed by atoms with E-state index in [1.807, 2.05) is 6.07 Å². The molecule has 0 aliphatic carbocycles. The minimum absolute atomic E-state index is 0.709. The van der Waals surface area contributed by atoms with Gasteiger partial charge >= 0.3 is 0 Å². The number of hydrogen-bond donors (Lipinski definition) is 3. The van der Waals surface area contributed by atoms with Gasteiger partial charge in [0.25, 0.3) is 0 Å². The van der Waals surface area contributed by atoms with E-state index < -0.39 is 0 Å². The Labute approximate surface area is 109 Å². The molecule has 100 valence electrons. The molecule has 2 rings (SSSR count). The molecule has 3 N–H and O–H groups in total. The summed E-state index contributed by atoms with van der Waals surface area (Å²) in [4.78, 5) is 8.45. The summed E-state index contributed by atoms with van der Waals surface area (Å²) in [5.41, 5.74) is 0. The van der Waals surface area contributed by atoms with Crippen molar-refractivity contribution in [3.8, 4) is 0 Å². The Morgan fingerprint density at radius 1 is 1.33 bits per heavy atom. The second kappa shape index (κ2) is 7.16. The van der Waals surface area contributed by atoms with Crippen LogP contribution in [-0.2, 0) is 0 Å². The van der Waals surface area contributed by atoms with Crippen LogP contribution in [0.25, 0.3) is 0 Å². The van der Waals surface area contributed by atoms with Crippen molar-refractivity contribution in [3.05, 3.63) is 12.4 Å². The van der Waals surface area contributed by atoms with Gasteiger partial charge in [0.05, 0.1) is 0 Å². The Balaban J connectivity index is 1.80. The van der Waals surface area contributed by atoms with Crippen molar-refractivity contribution in [2.75, 3.05) is 36.8 Å². The Kier molecular flexibility index (Phi) is 5.20. The molecule has 1 fully saturated rings. The van der Waals surface area contributed by atoms with Crippen molar-refractivity contribution in [2.24, 2.45) is 5.92 Å². The Morgan fingerprint density at radius 2 is 2.17 bits per heavy atom. The quantitative estimate of drug-likeness (QED) is 0.716. The largest absolute Gasteiger partial charge is 0.370 e. The molecule has 5 heteroatoms. The minimum Gasteiger partial charge on any atom is -0.370 e. The number of rotatable bonds is 6. The first kappa shape index (κ1) is 13.1. The van der Waals surface area contributed by atoms with Crippen molar-refractivity contribution in [1.82, 2.24) is 15.3 Å². The van der Waals surface area contributed by atoms with Crippen LogP contribution in [0.4, 0.5) is 11.6 Å². The Morgan fingerprint density at radius 3 is 2.89 bits per heavy atom. The van der Waals surface area contributed by atoms with Gasteiger partial charge < -0.3 is 16.0 Å². The molecular formula is C13H23N5. The monoisotopic (exact) mass is 249 g/mol. The van der Waals surface area contributed by atoms with Gasteiger partial charge in [-0.2, -0.15) is 0 Å². The van der Waals surface area contributed by atoms with Crippen molar-refractivity contribution in [3.63, 3.8) is 0 Å². The van der Waals surface area contributed by atoms with Gasteiger partial charge in [-0.25, -0.2) is 9.97 Å². The Hall–Kier alpha value is -1.36. The highest BCUT2D eigenvalue weighted by atomic mass is 15.1. The van der Waals surface area contributed by atoms with Crippen LogP contribution in [0.1, 0.15) is 26.2 Å². The molecule has 18 heavy (non-hydrogen) atoms. The fraction of sp³-hybridized carbons (Fsp3) is 0.692. The van der Waals surface area contributed by atoms with E-state index in [4.69, 9.17) is 0 Å². The third kappa shape index (κ3) is 4.14. The van der Waals surface area contributed by atoms with E-state index >= 15 is 0 Å². The second-order valence-electron chi connectivity index (χ2n) is 4.81. The van der Waals surface area contributed by atoms with Crippen LogP contribution in [0, 0.1) is 5.92 Å². The van der Waals surface area contributed by atoms with Gasteiger partial charge in [-0.05, 0) is 38.3 Å². The molecule has 0 saturated carbocycles. The van der Waals surface area contributed by atoms with E-state index in [0.29, 0.717) is 5.92 Å². The van der Waals surface area contributed by atoms with Crippen LogP contribution < -0.4 is 16.0 Å².